The molecule has 6 heteroatoms. The second-order valence-electron chi connectivity index (χ2n) is 5.43. The van der Waals surface area contributed by atoms with Crippen LogP contribution in [0.25, 0.3) is 0 Å². The molecule has 1 aliphatic rings. The summed E-state index contributed by atoms with van der Waals surface area (Å²) in [6, 6.07) is 2.26. The van der Waals surface area contributed by atoms with Gasteiger partial charge in [-0.3, -0.25) is 4.79 Å². The predicted octanol–water partition coefficient (Wildman–Crippen LogP) is 1.91. The monoisotopic (exact) mass is 292 g/mol. The number of nitrogens with zero attached hydrogens (tertiary/aromatic N) is 3. The van der Waals surface area contributed by atoms with Crippen molar-refractivity contribution in [3.63, 3.8) is 0 Å². The highest BCUT2D eigenvalue weighted by molar-refractivity contribution is 7.99. The van der Waals surface area contributed by atoms with E-state index in [0.29, 0.717) is 24.6 Å². The van der Waals surface area contributed by atoms with Gasteiger partial charge in [0.15, 0.2) is 0 Å². The first-order valence-corrected chi connectivity index (χ1v) is 8.03. The van der Waals surface area contributed by atoms with Crippen LogP contribution in [0.1, 0.15) is 38.4 Å². The van der Waals surface area contributed by atoms with E-state index >= 15 is 0 Å². The maximum absolute atomic E-state index is 12.0. The van der Waals surface area contributed by atoms with Crippen molar-refractivity contribution in [2.75, 3.05) is 11.5 Å². The molecule has 0 bridgehead atoms. The molecule has 108 valence electrons. The zero-order chi connectivity index (χ0) is 14.6. The first-order chi connectivity index (χ1) is 9.56. The van der Waals surface area contributed by atoms with Gasteiger partial charge in [0.1, 0.15) is 11.4 Å². The number of nitrogens with one attached hydrogen (secondary N) is 1. The van der Waals surface area contributed by atoms with Gasteiger partial charge in [0.2, 0.25) is 5.91 Å². The summed E-state index contributed by atoms with van der Waals surface area (Å²) in [5.74, 6) is 2.90. The highest BCUT2D eigenvalue weighted by Gasteiger charge is 2.35. The lowest BCUT2D eigenvalue weighted by molar-refractivity contribution is -0.122. The fourth-order valence-electron chi connectivity index (χ4n) is 2.34. The SMILES string of the molecule is CC(C)c1nccn1CCC(=O)N[C@@]1(C#N)CCSC1. The average Bonchev–Trinajstić information content (AvgIpc) is 3.05. The molecule has 0 radical (unpaired) electrons. The second kappa shape index (κ2) is 6.31. The molecule has 20 heavy (non-hydrogen) atoms. The fourth-order valence-corrected chi connectivity index (χ4v) is 3.61. The largest absolute Gasteiger partial charge is 0.337 e. The van der Waals surface area contributed by atoms with Crippen LogP contribution in [0, 0.1) is 11.3 Å². The normalized spacial score (nSPS) is 21.9. The lowest BCUT2D eigenvalue weighted by atomic mass is 10.0. The van der Waals surface area contributed by atoms with Crippen LogP contribution in [0.3, 0.4) is 0 Å². The van der Waals surface area contributed by atoms with E-state index < -0.39 is 5.54 Å². The Hall–Kier alpha value is -1.48. The molecule has 0 aliphatic carbocycles. The third kappa shape index (κ3) is 3.34. The number of aryl methyl sites for hydroxylation is 1. The second-order valence-corrected chi connectivity index (χ2v) is 6.53. The number of imidazole rings is 1. The van der Waals surface area contributed by atoms with Crippen LogP contribution in [-0.2, 0) is 11.3 Å². The van der Waals surface area contributed by atoms with Crippen molar-refractivity contribution in [3.8, 4) is 6.07 Å². The van der Waals surface area contributed by atoms with E-state index in [1.807, 2.05) is 10.8 Å². The Bertz CT molecular complexity index is 511. The fraction of sp³-hybridized carbons (Fsp3) is 0.643. The number of rotatable bonds is 5. The molecule has 1 saturated heterocycles. The molecule has 0 aromatic carbocycles. The highest BCUT2D eigenvalue weighted by atomic mass is 32.2. The van der Waals surface area contributed by atoms with Gasteiger partial charge < -0.3 is 9.88 Å². The smallest absolute Gasteiger partial charge is 0.223 e. The van der Waals surface area contributed by atoms with Gasteiger partial charge in [0, 0.05) is 37.0 Å². The number of carbonyl (C=O) groups excluding carboxylic acids is 1. The van der Waals surface area contributed by atoms with E-state index in [1.165, 1.54) is 0 Å². The van der Waals surface area contributed by atoms with Gasteiger partial charge in [0.05, 0.1) is 6.07 Å². The Morgan fingerprint density at radius 2 is 2.50 bits per heavy atom. The summed E-state index contributed by atoms with van der Waals surface area (Å²) in [4.78, 5) is 16.3. The Labute approximate surface area is 123 Å². The van der Waals surface area contributed by atoms with Crippen molar-refractivity contribution in [1.82, 2.24) is 14.9 Å². The van der Waals surface area contributed by atoms with E-state index in [0.717, 1.165) is 18.0 Å². The van der Waals surface area contributed by atoms with E-state index in [4.69, 9.17) is 0 Å². The van der Waals surface area contributed by atoms with Gasteiger partial charge in [-0.2, -0.15) is 17.0 Å². The number of thioether (sulfide) groups is 1. The van der Waals surface area contributed by atoms with Crippen LogP contribution in [0.15, 0.2) is 12.4 Å². The number of hydrogen-bond donors (Lipinski definition) is 1. The lowest BCUT2D eigenvalue weighted by Gasteiger charge is -2.21. The van der Waals surface area contributed by atoms with Gasteiger partial charge in [-0.25, -0.2) is 4.98 Å². The minimum absolute atomic E-state index is 0.0579. The first kappa shape index (κ1) is 14.9. The predicted molar refractivity (Wildman–Crippen MR) is 79.4 cm³/mol. The van der Waals surface area contributed by atoms with Crippen LogP contribution < -0.4 is 5.32 Å². The number of amides is 1. The molecule has 2 rings (SSSR count). The van der Waals surface area contributed by atoms with Gasteiger partial charge in [-0.05, 0) is 12.2 Å². The Kier molecular flexibility index (Phi) is 4.71. The molecule has 2 heterocycles. The van der Waals surface area contributed by atoms with Crippen molar-refractivity contribution in [2.45, 2.75) is 44.7 Å². The third-order valence-corrected chi connectivity index (χ3v) is 4.65. The summed E-state index contributed by atoms with van der Waals surface area (Å²) < 4.78 is 2.01. The van der Waals surface area contributed by atoms with Crippen molar-refractivity contribution < 1.29 is 4.79 Å². The number of aromatic nitrogens is 2. The summed E-state index contributed by atoms with van der Waals surface area (Å²) in [6.45, 7) is 4.77. The summed E-state index contributed by atoms with van der Waals surface area (Å²) >= 11 is 1.72. The quantitative estimate of drug-likeness (QED) is 0.900. The summed E-state index contributed by atoms with van der Waals surface area (Å²) in [7, 11) is 0. The third-order valence-electron chi connectivity index (χ3n) is 3.46. The minimum Gasteiger partial charge on any atom is -0.337 e. The number of nitriles is 1. The van der Waals surface area contributed by atoms with Crippen molar-refractivity contribution in [3.05, 3.63) is 18.2 Å². The van der Waals surface area contributed by atoms with Gasteiger partial charge in [-0.15, -0.1) is 0 Å². The number of hydrogen-bond acceptors (Lipinski definition) is 4. The van der Waals surface area contributed by atoms with Crippen LogP contribution in [0.5, 0.6) is 0 Å². The molecular weight excluding hydrogens is 272 g/mol. The van der Waals surface area contributed by atoms with E-state index in [2.05, 4.69) is 30.2 Å². The molecule has 1 fully saturated rings. The zero-order valence-corrected chi connectivity index (χ0v) is 12.7. The maximum Gasteiger partial charge on any atom is 0.223 e. The lowest BCUT2D eigenvalue weighted by Crippen LogP contribution is -2.47. The first-order valence-electron chi connectivity index (χ1n) is 6.87. The molecule has 0 unspecified atom stereocenters. The molecule has 1 amide bonds. The summed E-state index contributed by atoms with van der Waals surface area (Å²) in [5, 5.41) is 12.1. The molecule has 0 saturated carbocycles. The molecule has 5 nitrogen and oxygen atoms in total. The standard InChI is InChI=1S/C14H20N4OS/c1-11(2)13-16-5-7-18(13)6-3-12(19)17-14(9-15)4-8-20-10-14/h5,7,11H,3-4,6,8,10H2,1-2H3,(H,17,19)/t14-/m1/s1. The van der Waals surface area contributed by atoms with Crippen molar-refractivity contribution in [1.29, 1.82) is 5.26 Å². The average molecular weight is 292 g/mol. The molecule has 1 N–H and O–H groups in total. The van der Waals surface area contributed by atoms with Gasteiger partial charge in [0.25, 0.3) is 0 Å². The summed E-state index contributed by atoms with van der Waals surface area (Å²) in [6.07, 6.45) is 4.78. The Balaban J connectivity index is 1.89. The van der Waals surface area contributed by atoms with Crippen molar-refractivity contribution >= 4 is 17.7 Å². The van der Waals surface area contributed by atoms with E-state index in [1.54, 1.807) is 18.0 Å². The molecule has 0 spiro atoms. The molecular formula is C14H20N4OS. The Morgan fingerprint density at radius 3 is 3.10 bits per heavy atom. The van der Waals surface area contributed by atoms with Crippen molar-refractivity contribution in [2.24, 2.45) is 0 Å². The molecule has 1 aromatic rings. The maximum atomic E-state index is 12.0. The number of carbonyl (C=O) groups is 1. The van der Waals surface area contributed by atoms with Crippen LogP contribution in [0.2, 0.25) is 0 Å². The topological polar surface area (TPSA) is 70.7 Å². The van der Waals surface area contributed by atoms with E-state index in [-0.39, 0.29) is 5.91 Å². The molecule has 1 atom stereocenters. The van der Waals surface area contributed by atoms with Gasteiger partial charge in [-0.1, -0.05) is 13.8 Å². The minimum atomic E-state index is -0.655. The zero-order valence-electron chi connectivity index (χ0n) is 11.9. The van der Waals surface area contributed by atoms with Crippen LogP contribution in [0.4, 0.5) is 0 Å². The molecule has 1 aliphatic heterocycles. The molecule has 1 aromatic heterocycles. The summed E-state index contributed by atoms with van der Waals surface area (Å²) in [5.41, 5.74) is -0.655. The Morgan fingerprint density at radius 1 is 1.70 bits per heavy atom. The van der Waals surface area contributed by atoms with Gasteiger partial charge >= 0.3 is 0 Å². The highest BCUT2D eigenvalue weighted by Crippen LogP contribution is 2.27. The van der Waals surface area contributed by atoms with Crippen LogP contribution >= 0.6 is 11.8 Å². The van der Waals surface area contributed by atoms with Crippen LogP contribution in [-0.4, -0.2) is 32.5 Å². The van der Waals surface area contributed by atoms with E-state index in [9.17, 15) is 10.1 Å².